The molecule has 1 atom stereocenters. The fourth-order valence-electron chi connectivity index (χ4n) is 1.45. The number of nitrogens with one attached hydrogen (secondary N) is 2. The van der Waals surface area contributed by atoms with Gasteiger partial charge in [-0.05, 0) is 38.4 Å². The summed E-state index contributed by atoms with van der Waals surface area (Å²) >= 11 is 5.23. The molecule has 0 fully saturated rings. The lowest BCUT2D eigenvalue weighted by Crippen LogP contribution is -2.44. The molecule has 1 unspecified atom stereocenters. The van der Waals surface area contributed by atoms with E-state index in [2.05, 4.69) is 38.3 Å². The van der Waals surface area contributed by atoms with Gasteiger partial charge < -0.3 is 10.6 Å². The van der Waals surface area contributed by atoms with E-state index in [-0.39, 0.29) is 0 Å². The zero-order valence-electron chi connectivity index (χ0n) is 9.89. The summed E-state index contributed by atoms with van der Waals surface area (Å²) in [6.45, 7) is 8.72. The lowest BCUT2D eigenvalue weighted by atomic mass is 10.2. The van der Waals surface area contributed by atoms with E-state index in [4.69, 9.17) is 12.2 Å². The minimum absolute atomic E-state index is 0.481. The van der Waals surface area contributed by atoms with E-state index < -0.39 is 0 Å². The average Bonchev–Trinajstić information content (AvgIpc) is 2.14. The van der Waals surface area contributed by atoms with E-state index in [9.17, 15) is 0 Å². The van der Waals surface area contributed by atoms with Crippen molar-refractivity contribution >= 4 is 17.3 Å². The molecule has 0 rings (SSSR count). The van der Waals surface area contributed by atoms with Gasteiger partial charge in [0.15, 0.2) is 5.11 Å². The predicted molar refractivity (Wildman–Crippen MR) is 67.6 cm³/mol. The summed E-state index contributed by atoms with van der Waals surface area (Å²) in [6, 6.07) is 0.998. The summed E-state index contributed by atoms with van der Waals surface area (Å²) in [5.74, 6) is 0. The zero-order chi connectivity index (χ0) is 11.0. The third-order valence-electron chi connectivity index (χ3n) is 2.42. The first-order chi connectivity index (χ1) is 6.63. The van der Waals surface area contributed by atoms with Crippen LogP contribution in [0, 0.1) is 0 Å². The molecule has 3 heteroatoms. The second kappa shape index (κ2) is 8.04. The third-order valence-corrected chi connectivity index (χ3v) is 2.66. The molecular formula is C11H24N2S. The topological polar surface area (TPSA) is 24.1 Å². The summed E-state index contributed by atoms with van der Waals surface area (Å²) in [5, 5.41) is 7.43. The van der Waals surface area contributed by atoms with Crippen molar-refractivity contribution in [2.75, 3.05) is 0 Å². The van der Waals surface area contributed by atoms with E-state index in [1.165, 1.54) is 12.8 Å². The van der Waals surface area contributed by atoms with Gasteiger partial charge in [-0.1, -0.05) is 27.2 Å². The summed E-state index contributed by atoms with van der Waals surface area (Å²) in [7, 11) is 0. The fraction of sp³-hybridized carbons (Fsp3) is 0.909. The van der Waals surface area contributed by atoms with Crippen LogP contribution in [0.25, 0.3) is 0 Å². The van der Waals surface area contributed by atoms with Crippen LogP contribution in [0.4, 0.5) is 0 Å². The van der Waals surface area contributed by atoms with Crippen molar-refractivity contribution in [3.05, 3.63) is 0 Å². The van der Waals surface area contributed by atoms with Crippen LogP contribution in [0.5, 0.6) is 0 Å². The van der Waals surface area contributed by atoms with Gasteiger partial charge in [0.05, 0.1) is 0 Å². The molecule has 84 valence electrons. The van der Waals surface area contributed by atoms with Crippen molar-refractivity contribution in [2.24, 2.45) is 0 Å². The van der Waals surface area contributed by atoms with Crippen LogP contribution in [0.2, 0.25) is 0 Å². The van der Waals surface area contributed by atoms with Crippen LogP contribution >= 0.6 is 12.2 Å². The van der Waals surface area contributed by atoms with Crippen LogP contribution in [0.3, 0.4) is 0 Å². The molecule has 0 aliphatic carbocycles. The van der Waals surface area contributed by atoms with E-state index in [1.807, 2.05) is 0 Å². The molecular weight excluding hydrogens is 192 g/mol. The third kappa shape index (κ3) is 6.19. The van der Waals surface area contributed by atoms with Crippen LogP contribution in [-0.4, -0.2) is 17.2 Å². The minimum atomic E-state index is 0.481. The Kier molecular flexibility index (Phi) is 7.86. The molecule has 0 saturated heterocycles. The van der Waals surface area contributed by atoms with E-state index >= 15 is 0 Å². The first kappa shape index (κ1) is 13.7. The summed E-state index contributed by atoms with van der Waals surface area (Å²) < 4.78 is 0. The molecule has 0 aromatic carbocycles. The maximum absolute atomic E-state index is 5.23. The Morgan fingerprint density at radius 1 is 1.14 bits per heavy atom. The van der Waals surface area contributed by atoms with Gasteiger partial charge in [-0.15, -0.1) is 0 Å². The maximum Gasteiger partial charge on any atom is 0.166 e. The molecule has 2 N–H and O–H groups in total. The molecule has 0 aromatic rings. The fourth-order valence-corrected chi connectivity index (χ4v) is 1.82. The molecule has 0 heterocycles. The largest absolute Gasteiger partial charge is 0.360 e. The van der Waals surface area contributed by atoms with Crippen LogP contribution in [0.15, 0.2) is 0 Å². The molecule has 0 amide bonds. The van der Waals surface area contributed by atoms with E-state index in [0.29, 0.717) is 12.1 Å². The molecule has 2 nitrogen and oxygen atoms in total. The Hall–Kier alpha value is -0.310. The summed E-state index contributed by atoms with van der Waals surface area (Å²) in [4.78, 5) is 0. The van der Waals surface area contributed by atoms with Gasteiger partial charge in [0.25, 0.3) is 0 Å². The molecule has 0 aliphatic rings. The Balaban J connectivity index is 3.73. The van der Waals surface area contributed by atoms with Gasteiger partial charge in [-0.3, -0.25) is 0 Å². The first-order valence-corrected chi connectivity index (χ1v) is 6.11. The standard InChI is InChI=1S/C11H24N2S/c1-5-8-9(4)12-11(14)13-10(6-2)7-3/h9-10H,5-8H2,1-4H3,(H2,12,13,14). The highest BCUT2D eigenvalue weighted by Gasteiger charge is 2.06. The second-order valence-electron chi connectivity index (χ2n) is 3.82. The van der Waals surface area contributed by atoms with Crippen molar-refractivity contribution in [2.45, 2.75) is 65.5 Å². The Bertz CT molecular complexity index is 155. The SMILES string of the molecule is CCCC(C)NC(=S)NC(CC)CC. The number of thiocarbonyl (C=S) groups is 1. The van der Waals surface area contributed by atoms with E-state index in [0.717, 1.165) is 18.0 Å². The van der Waals surface area contributed by atoms with Crippen molar-refractivity contribution in [3.8, 4) is 0 Å². The van der Waals surface area contributed by atoms with Crippen molar-refractivity contribution in [1.29, 1.82) is 0 Å². The highest BCUT2D eigenvalue weighted by atomic mass is 32.1. The molecule has 14 heavy (non-hydrogen) atoms. The molecule has 0 spiro atoms. The van der Waals surface area contributed by atoms with Gasteiger partial charge in [0.1, 0.15) is 0 Å². The smallest absolute Gasteiger partial charge is 0.166 e. The second-order valence-corrected chi connectivity index (χ2v) is 4.23. The lowest BCUT2D eigenvalue weighted by molar-refractivity contribution is 0.541. The van der Waals surface area contributed by atoms with E-state index in [1.54, 1.807) is 0 Å². The highest BCUT2D eigenvalue weighted by Crippen LogP contribution is 1.98. The van der Waals surface area contributed by atoms with Gasteiger partial charge in [0, 0.05) is 12.1 Å². The van der Waals surface area contributed by atoms with Crippen LogP contribution < -0.4 is 10.6 Å². The van der Waals surface area contributed by atoms with Crippen molar-refractivity contribution < 1.29 is 0 Å². The van der Waals surface area contributed by atoms with Crippen molar-refractivity contribution in [1.82, 2.24) is 10.6 Å². The predicted octanol–water partition coefficient (Wildman–Crippen LogP) is 2.83. The number of rotatable bonds is 6. The molecule has 0 aromatic heterocycles. The average molecular weight is 216 g/mol. The summed E-state index contributed by atoms with van der Waals surface area (Å²) in [5.41, 5.74) is 0. The Morgan fingerprint density at radius 2 is 1.71 bits per heavy atom. The van der Waals surface area contributed by atoms with Crippen LogP contribution in [-0.2, 0) is 0 Å². The Morgan fingerprint density at radius 3 is 2.14 bits per heavy atom. The van der Waals surface area contributed by atoms with Gasteiger partial charge in [-0.2, -0.15) is 0 Å². The zero-order valence-corrected chi connectivity index (χ0v) is 10.7. The van der Waals surface area contributed by atoms with Crippen molar-refractivity contribution in [3.63, 3.8) is 0 Å². The van der Waals surface area contributed by atoms with Crippen LogP contribution in [0.1, 0.15) is 53.4 Å². The lowest BCUT2D eigenvalue weighted by Gasteiger charge is -2.21. The quantitative estimate of drug-likeness (QED) is 0.668. The maximum atomic E-state index is 5.23. The number of hydrogen-bond acceptors (Lipinski definition) is 1. The first-order valence-electron chi connectivity index (χ1n) is 5.70. The normalized spacial score (nSPS) is 12.6. The molecule has 0 aliphatic heterocycles. The highest BCUT2D eigenvalue weighted by molar-refractivity contribution is 7.80. The number of hydrogen-bond donors (Lipinski definition) is 2. The molecule has 0 saturated carbocycles. The van der Waals surface area contributed by atoms with Gasteiger partial charge >= 0.3 is 0 Å². The van der Waals surface area contributed by atoms with Gasteiger partial charge in [0.2, 0.25) is 0 Å². The van der Waals surface area contributed by atoms with Gasteiger partial charge in [-0.25, -0.2) is 0 Å². The molecule has 0 bridgehead atoms. The Labute approximate surface area is 93.8 Å². The summed E-state index contributed by atoms with van der Waals surface area (Å²) in [6.07, 6.45) is 4.62. The monoisotopic (exact) mass is 216 g/mol. The molecule has 0 radical (unpaired) electrons. The minimum Gasteiger partial charge on any atom is -0.360 e.